The Morgan fingerprint density at radius 1 is 1.11 bits per heavy atom. The van der Waals surface area contributed by atoms with Crippen molar-refractivity contribution in [3.8, 4) is 5.75 Å². The van der Waals surface area contributed by atoms with Gasteiger partial charge in [0.05, 0.1) is 13.0 Å². The van der Waals surface area contributed by atoms with Crippen LogP contribution in [0.4, 0.5) is 4.39 Å². The number of carbonyl (C=O) groups is 2. The van der Waals surface area contributed by atoms with Crippen LogP contribution in [-0.2, 0) is 20.7 Å². The van der Waals surface area contributed by atoms with E-state index in [1.165, 1.54) is 19.1 Å². The van der Waals surface area contributed by atoms with Crippen LogP contribution in [0.5, 0.6) is 5.75 Å². The Kier molecular flexibility index (Phi) is 7.79. The Hall–Kier alpha value is -2.89. The van der Waals surface area contributed by atoms with E-state index < -0.39 is 12.1 Å². The molecule has 0 radical (unpaired) electrons. The van der Waals surface area contributed by atoms with Gasteiger partial charge in [0, 0.05) is 6.54 Å². The molecule has 6 heteroatoms. The summed E-state index contributed by atoms with van der Waals surface area (Å²) in [5.74, 6) is -0.443. The van der Waals surface area contributed by atoms with Gasteiger partial charge in [0.1, 0.15) is 11.6 Å². The van der Waals surface area contributed by atoms with E-state index in [0.717, 1.165) is 16.9 Å². The number of carbonyl (C=O) groups excluding carboxylic acids is 2. The monoisotopic (exact) mass is 373 g/mol. The molecule has 0 bridgehead atoms. The van der Waals surface area contributed by atoms with Gasteiger partial charge in [-0.2, -0.15) is 0 Å². The van der Waals surface area contributed by atoms with E-state index in [0.29, 0.717) is 13.0 Å². The predicted molar refractivity (Wildman–Crippen MR) is 100.0 cm³/mol. The summed E-state index contributed by atoms with van der Waals surface area (Å²) in [4.78, 5) is 23.8. The number of para-hydroxylation sites is 1. The van der Waals surface area contributed by atoms with Gasteiger partial charge in [-0.15, -0.1) is 0 Å². The van der Waals surface area contributed by atoms with E-state index in [-0.39, 0.29) is 24.8 Å². The molecule has 1 N–H and O–H groups in total. The summed E-state index contributed by atoms with van der Waals surface area (Å²) < 4.78 is 23.5. The van der Waals surface area contributed by atoms with Crippen molar-refractivity contribution in [2.24, 2.45) is 0 Å². The van der Waals surface area contributed by atoms with Crippen LogP contribution >= 0.6 is 0 Å². The van der Waals surface area contributed by atoms with Gasteiger partial charge in [0.2, 0.25) is 0 Å². The minimum absolute atomic E-state index is 0.0571. The summed E-state index contributed by atoms with van der Waals surface area (Å²) in [6.45, 7) is 4.00. The Bertz CT molecular complexity index is 761. The summed E-state index contributed by atoms with van der Waals surface area (Å²) in [6.07, 6.45) is -0.262. The highest BCUT2D eigenvalue weighted by Crippen LogP contribution is 2.16. The molecule has 0 aliphatic carbocycles. The van der Waals surface area contributed by atoms with Crippen LogP contribution in [0.3, 0.4) is 0 Å². The van der Waals surface area contributed by atoms with Crippen molar-refractivity contribution in [1.29, 1.82) is 0 Å². The number of esters is 1. The van der Waals surface area contributed by atoms with Crippen LogP contribution in [0.2, 0.25) is 0 Å². The molecule has 2 aromatic carbocycles. The van der Waals surface area contributed by atoms with Crippen molar-refractivity contribution in [3.63, 3.8) is 0 Å². The molecule has 0 heterocycles. The molecule has 27 heavy (non-hydrogen) atoms. The first kappa shape index (κ1) is 20.4. The van der Waals surface area contributed by atoms with Crippen molar-refractivity contribution in [2.75, 3.05) is 13.2 Å². The highest BCUT2D eigenvalue weighted by atomic mass is 19.1. The third-order valence-electron chi connectivity index (χ3n) is 3.96. The second-order valence-electron chi connectivity index (χ2n) is 6.16. The lowest BCUT2D eigenvalue weighted by Gasteiger charge is -2.14. The summed E-state index contributed by atoms with van der Waals surface area (Å²) in [5, 5.41) is 2.70. The van der Waals surface area contributed by atoms with E-state index in [4.69, 9.17) is 9.47 Å². The molecule has 0 aromatic heterocycles. The van der Waals surface area contributed by atoms with Gasteiger partial charge in [0.25, 0.3) is 5.91 Å². The van der Waals surface area contributed by atoms with Crippen molar-refractivity contribution < 1.29 is 23.5 Å². The molecule has 144 valence electrons. The number of benzene rings is 2. The van der Waals surface area contributed by atoms with Gasteiger partial charge in [-0.05, 0) is 49.6 Å². The van der Waals surface area contributed by atoms with Gasteiger partial charge < -0.3 is 14.8 Å². The molecule has 0 fully saturated rings. The summed E-state index contributed by atoms with van der Waals surface area (Å²) in [6, 6.07) is 13.6. The van der Waals surface area contributed by atoms with Crippen molar-refractivity contribution in [1.82, 2.24) is 5.32 Å². The predicted octanol–water partition coefficient (Wildman–Crippen LogP) is 3.19. The number of nitrogens with one attached hydrogen (secondary N) is 1. The standard InChI is InChI=1S/C21H24FNO4/c1-15-5-3-4-6-19(15)26-14-12-20(24)27-16(2)21(25)23-13-11-17-7-9-18(22)10-8-17/h3-10,16H,11-14H2,1-2H3,(H,23,25). The fraction of sp³-hybridized carbons (Fsp3) is 0.333. The lowest BCUT2D eigenvalue weighted by atomic mass is 10.1. The van der Waals surface area contributed by atoms with Gasteiger partial charge >= 0.3 is 5.97 Å². The number of amides is 1. The minimum atomic E-state index is -0.885. The van der Waals surface area contributed by atoms with Crippen LogP contribution < -0.4 is 10.1 Å². The number of halogens is 1. The van der Waals surface area contributed by atoms with Crippen LogP contribution in [0.25, 0.3) is 0 Å². The smallest absolute Gasteiger partial charge is 0.310 e. The first-order chi connectivity index (χ1) is 13.0. The molecule has 0 aliphatic heterocycles. The van der Waals surface area contributed by atoms with E-state index in [1.54, 1.807) is 12.1 Å². The van der Waals surface area contributed by atoms with Crippen molar-refractivity contribution in [3.05, 3.63) is 65.5 Å². The van der Waals surface area contributed by atoms with Crippen LogP contribution in [0.15, 0.2) is 48.5 Å². The Morgan fingerprint density at radius 3 is 2.52 bits per heavy atom. The third kappa shape index (κ3) is 7.09. The largest absolute Gasteiger partial charge is 0.493 e. The van der Waals surface area contributed by atoms with Crippen molar-refractivity contribution >= 4 is 11.9 Å². The van der Waals surface area contributed by atoms with E-state index in [9.17, 15) is 14.0 Å². The molecule has 1 unspecified atom stereocenters. The van der Waals surface area contributed by atoms with Crippen LogP contribution in [0.1, 0.15) is 24.5 Å². The topological polar surface area (TPSA) is 64.6 Å². The highest BCUT2D eigenvalue weighted by Gasteiger charge is 2.17. The van der Waals surface area contributed by atoms with Crippen molar-refractivity contribution in [2.45, 2.75) is 32.8 Å². The number of rotatable bonds is 9. The Labute approximate surface area is 158 Å². The summed E-state index contributed by atoms with van der Waals surface area (Å²) in [5.41, 5.74) is 1.90. The van der Waals surface area contributed by atoms with Gasteiger partial charge in [-0.3, -0.25) is 9.59 Å². The lowest BCUT2D eigenvalue weighted by Crippen LogP contribution is -2.37. The van der Waals surface area contributed by atoms with Gasteiger partial charge in [-0.25, -0.2) is 4.39 Å². The van der Waals surface area contributed by atoms with E-state index >= 15 is 0 Å². The molecule has 0 saturated heterocycles. The average molecular weight is 373 g/mol. The molecule has 0 spiro atoms. The zero-order valence-corrected chi connectivity index (χ0v) is 15.5. The van der Waals surface area contributed by atoms with Crippen LogP contribution in [-0.4, -0.2) is 31.1 Å². The molecular weight excluding hydrogens is 349 g/mol. The maximum Gasteiger partial charge on any atom is 0.310 e. The number of aryl methyl sites for hydroxylation is 1. The second-order valence-corrected chi connectivity index (χ2v) is 6.16. The van der Waals surface area contributed by atoms with Gasteiger partial charge in [-0.1, -0.05) is 30.3 Å². The Balaban J connectivity index is 1.65. The Morgan fingerprint density at radius 2 is 1.81 bits per heavy atom. The van der Waals surface area contributed by atoms with E-state index in [1.807, 2.05) is 31.2 Å². The maximum absolute atomic E-state index is 12.8. The zero-order chi connectivity index (χ0) is 19.6. The molecular formula is C21H24FNO4. The molecule has 5 nitrogen and oxygen atoms in total. The quantitative estimate of drug-likeness (QED) is 0.686. The fourth-order valence-electron chi connectivity index (χ4n) is 2.40. The average Bonchev–Trinajstić information content (AvgIpc) is 2.64. The fourth-order valence-corrected chi connectivity index (χ4v) is 2.40. The minimum Gasteiger partial charge on any atom is -0.493 e. The summed E-state index contributed by atoms with van der Waals surface area (Å²) in [7, 11) is 0. The second kappa shape index (κ2) is 10.3. The summed E-state index contributed by atoms with van der Waals surface area (Å²) >= 11 is 0. The van der Waals surface area contributed by atoms with Gasteiger partial charge in [0.15, 0.2) is 6.10 Å². The molecule has 0 saturated carbocycles. The van der Waals surface area contributed by atoms with Crippen LogP contribution in [0, 0.1) is 12.7 Å². The molecule has 1 atom stereocenters. The molecule has 1 amide bonds. The SMILES string of the molecule is Cc1ccccc1OCCC(=O)OC(C)C(=O)NCCc1ccc(F)cc1. The maximum atomic E-state index is 12.8. The normalized spacial score (nSPS) is 11.5. The number of hydrogen-bond acceptors (Lipinski definition) is 4. The highest BCUT2D eigenvalue weighted by molar-refractivity contribution is 5.83. The molecule has 2 aromatic rings. The lowest BCUT2D eigenvalue weighted by molar-refractivity contribution is -0.155. The zero-order valence-electron chi connectivity index (χ0n) is 15.5. The first-order valence-corrected chi connectivity index (χ1v) is 8.86. The molecule has 0 aliphatic rings. The number of ether oxygens (including phenoxy) is 2. The van der Waals surface area contributed by atoms with E-state index in [2.05, 4.69) is 5.32 Å². The molecule has 2 rings (SSSR count). The first-order valence-electron chi connectivity index (χ1n) is 8.86. The third-order valence-corrected chi connectivity index (χ3v) is 3.96. The number of hydrogen-bond donors (Lipinski definition) is 1.